The van der Waals surface area contributed by atoms with Gasteiger partial charge in [0.2, 0.25) is 0 Å². The van der Waals surface area contributed by atoms with Gasteiger partial charge in [0.25, 0.3) is 0 Å². The molecule has 3 heterocycles. The summed E-state index contributed by atoms with van der Waals surface area (Å²) in [7, 11) is 0. The number of piperidine rings is 2. The van der Waals surface area contributed by atoms with E-state index in [1.807, 2.05) is 6.07 Å². The number of hydrogen-bond donors (Lipinski definition) is 1. The third-order valence-corrected chi connectivity index (χ3v) is 6.50. The first-order chi connectivity index (χ1) is 12.8. The molecule has 3 aliphatic heterocycles. The van der Waals surface area contributed by atoms with E-state index in [0.29, 0.717) is 17.7 Å². The number of rotatable bonds is 4. The highest BCUT2D eigenvalue weighted by atomic mass is 16.6. The summed E-state index contributed by atoms with van der Waals surface area (Å²) < 4.78 is 11.4. The summed E-state index contributed by atoms with van der Waals surface area (Å²) in [6.45, 7) is 5.94. The zero-order valence-corrected chi connectivity index (χ0v) is 15.6. The van der Waals surface area contributed by atoms with Crippen LogP contribution in [0.3, 0.4) is 0 Å². The summed E-state index contributed by atoms with van der Waals surface area (Å²) in [4.78, 5) is 13.1. The van der Waals surface area contributed by atoms with Gasteiger partial charge in [-0.25, -0.2) is 4.48 Å². The van der Waals surface area contributed by atoms with Crippen molar-refractivity contribution < 1.29 is 18.8 Å². The molecule has 5 heteroatoms. The Hall–Kier alpha value is -1.43. The predicted molar refractivity (Wildman–Crippen MR) is 99.5 cm³/mol. The molecule has 0 radical (unpaired) electrons. The average Bonchev–Trinajstić information content (AvgIpc) is 2.66. The Morgan fingerprint density at radius 2 is 1.69 bits per heavy atom. The quantitative estimate of drug-likeness (QED) is 0.840. The number of quaternary nitrogens is 1. The smallest absolute Gasteiger partial charge is 0.412 e. The van der Waals surface area contributed by atoms with Gasteiger partial charge in [0.05, 0.1) is 26.3 Å². The number of carbonyl (C=O) groups is 1. The second-order valence-corrected chi connectivity index (χ2v) is 8.20. The molecule has 4 rings (SSSR count). The van der Waals surface area contributed by atoms with E-state index in [1.54, 1.807) is 0 Å². The Balaban J connectivity index is 1.45. The Morgan fingerprint density at radius 1 is 1.04 bits per heavy atom. The van der Waals surface area contributed by atoms with Crippen molar-refractivity contribution in [2.45, 2.75) is 38.3 Å². The topological polar surface area (TPSA) is 47.6 Å². The Kier molecular flexibility index (Phi) is 5.57. The number of nitrogens with zero attached hydrogens (tertiary/aromatic N) is 1. The third-order valence-electron chi connectivity index (χ3n) is 6.50. The minimum Gasteiger partial charge on any atom is -0.412 e. The Morgan fingerprint density at radius 3 is 2.31 bits per heavy atom. The van der Waals surface area contributed by atoms with Crippen LogP contribution in [0.5, 0.6) is 0 Å². The van der Waals surface area contributed by atoms with E-state index in [9.17, 15) is 4.79 Å². The molecule has 1 aromatic carbocycles. The average molecular weight is 359 g/mol. The summed E-state index contributed by atoms with van der Waals surface area (Å²) in [5, 5.41) is 3.47. The molecule has 5 nitrogen and oxygen atoms in total. The summed E-state index contributed by atoms with van der Waals surface area (Å²) >= 11 is 0. The maximum atomic E-state index is 13.1. The molecule has 3 aliphatic rings. The lowest BCUT2D eigenvalue weighted by molar-refractivity contribution is -0.878. The fraction of sp³-hybridized carbons (Fsp3) is 0.667. The molecule has 142 valence electrons. The predicted octanol–water partition coefficient (Wildman–Crippen LogP) is 2.95. The first-order valence-corrected chi connectivity index (χ1v) is 10.1. The van der Waals surface area contributed by atoms with Crippen molar-refractivity contribution in [3.63, 3.8) is 0 Å². The molecular weight excluding hydrogens is 328 g/mol. The summed E-state index contributed by atoms with van der Waals surface area (Å²) in [6.07, 6.45) is 4.74. The molecule has 0 aromatic heterocycles. The number of hydrogen-bond acceptors (Lipinski definition) is 4. The van der Waals surface area contributed by atoms with E-state index in [2.05, 4.69) is 29.6 Å². The van der Waals surface area contributed by atoms with Gasteiger partial charge in [-0.1, -0.05) is 30.3 Å². The summed E-state index contributed by atoms with van der Waals surface area (Å²) in [6, 6.07) is 10.4. The number of amides is 1. The maximum absolute atomic E-state index is 13.1. The van der Waals surface area contributed by atoms with Crippen LogP contribution < -0.4 is 5.32 Å². The van der Waals surface area contributed by atoms with Crippen molar-refractivity contribution in [1.29, 1.82) is 0 Å². The van der Waals surface area contributed by atoms with Gasteiger partial charge in [0.15, 0.2) is 6.10 Å². The van der Waals surface area contributed by atoms with E-state index >= 15 is 0 Å². The fourth-order valence-corrected chi connectivity index (χ4v) is 4.74. The van der Waals surface area contributed by atoms with Crippen LogP contribution in [0.25, 0.3) is 0 Å². The molecule has 0 atom stereocenters. The van der Waals surface area contributed by atoms with Gasteiger partial charge in [-0.2, -0.15) is 4.79 Å². The van der Waals surface area contributed by atoms with Crippen LogP contribution in [-0.2, 0) is 16.0 Å². The molecule has 0 spiro atoms. The minimum atomic E-state index is -0.0501. The van der Waals surface area contributed by atoms with E-state index < -0.39 is 0 Å². The first kappa shape index (κ1) is 18.0. The van der Waals surface area contributed by atoms with Gasteiger partial charge in [-0.3, -0.25) is 0 Å². The molecule has 0 unspecified atom stereocenters. The zero-order chi connectivity index (χ0) is 17.8. The van der Waals surface area contributed by atoms with Gasteiger partial charge in [-0.15, -0.1) is 0 Å². The summed E-state index contributed by atoms with van der Waals surface area (Å²) in [5.74, 6) is 1.59. The van der Waals surface area contributed by atoms with Crippen LogP contribution in [0.4, 0.5) is 4.79 Å². The SMILES string of the molecule is O=C(OC1COC1)[N+]1(Cc2ccccc2)CCC(C2CCNCC2)CC1. The standard InChI is InChI=1S/C21H31N2O3/c24-21(26-20-15-25-16-20)23(14-17-4-2-1-3-5-17)12-8-19(9-13-23)18-6-10-22-11-7-18/h1-5,18-20,22H,6-16H2/q+1. The van der Waals surface area contributed by atoms with Crippen molar-refractivity contribution >= 4 is 6.09 Å². The van der Waals surface area contributed by atoms with Gasteiger partial charge < -0.3 is 14.8 Å². The lowest BCUT2D eigenvalue weighted by Gasteiger charge is -2.43. The van der Waals surface area contributed by atoms with Crippen LogP contribution in [0.15, 0.2) is 30.3 Å². The van der Waals surface area contributed by atoms with Crippen molar-refractivity contribution in [1.82, 2.24) is 5.32 Å². The second-order valence-electron chi connectivity index (χ2n) is 8.20. The molecule has 3 saturated heterocycles. The van der Waals surface area contributed by atoms with Gasteiger partial charge >= 0.3 is 6.09 Å². The molecular formula is C21H31N2O3+. The van der Waals surface area contributed by atoms with E-state index in [-0.39, 0.29) is 12.2 Å². The van der Waals surface area contributed by atoms with E-state index in [4.69, 9.17) is 9.47 Å². The largest absolute Gasteiger partial charge is 0.516 e. The monoisotopic (exact) mass is 359 g/mol. The molecule has 0 bridgehead atoms. The van der Waals surface area contributed by atoms with E-state index in [1.165, 1.54) is 18.4 Å². The molecule has 0 saturated carbocycles. The van der Waals surface area contributed by atoms with Crippen LogP contribution in [0, 0.1) is 11.8 Å². The van der Waals surface area contributed by atoms with Crippen molar-refractivity contribution in [3.05, 3.63) is 35.9 Å². The van der Waals surface area contributed by atoms with Crippen LogP contribution in [0.1, 0.15) is 31.2 Å². The Bertz CT molecular complexity index is 589. The minimum absolute atomic E-state index is 0.0459. The number of likely N-dealkylation sites (tertiary alicyclic amines) is 1. The van der Waals surface area contributed by atoms with Gasteiger partial charge in [-0.05, 0) is 37.8 Å². The number of nitrogens with one attached hydrogen (secondary N) is 1. The summed E-state index contributed by atoms with van der Waals surface area (Å²) in [5.41, 5.74) is 1.22. The van der Waals surface area contributed by atoms with Crippen molar-refractivity contribution in [3.8, 4) is 0 Å². The molecule has 1 amide bonds. The van der Waals surface area contributed by atoms with Crippen molar-refractivity contribution in [2.24, 2.45) is 11.8 Å². The lowest BCUT2D eigenvalue weighted by Crippen LogP contribution is -2.59. The van der Waals surface area contributed by atoms with Crippen LogP contribution in [-0.4, -0.2) is 56.1 Å². The van der Waals surface area contributed by atoms with Crippen LogP contribution >= 0.6 is 0 Å². The van der Waals surface area contributed by atoms with Gasteiger partial charge in [0, 0.05) is 18.4 Å². The first-order valence-electron chi connectivity index (χ1n) is 10.1. The second kappa shape index (κ2) is 8.07. The maximum Gasteiger partial charge on any atom is 0.516 e. The highest BCUT2D eigenvalue weighted by molar-refractivity contribution is 5.60. The highest BCUT2D eigenvalue weighted by Crippen LogP contribution is 2.35. The molecule has 1 N–H and O–H groups in total. The fourth-order valence-electron chi connectivity index (χ4n) is 4.74. The molecule has 0 aliphatic carbocycles. The van der Waals surface area contributed by atoms with Gasteiger partial charge in [0.1, 0.15) is 6.54 Å². The Labute approximate surface area is 156 Å². The molecule has 1 aromatic rings. The van der Waals surface area contributed by atoms with E-state index in [0.717, 1.165) is 57.4 Å². The zero-order valence-electron chi connectivity index (χ0n) is 15.6. The molecule has 3 fully saturated rings. The molecule has 26 heavy (non-hydrogen) atoms. The normalized spacial score (nSPS) is 30.5. The van der Waals surface area contributed by atoms with Crippen molar-refractivity contribution in [2.75, 3.05) is 39.4 Å². The highest BCUT2D eigenvalue weighted by Gasteiger charge is 2.45. The number of carbonyl (C=O) groups excluding carboxylic acids is 1. The number of ether oxygens (including phenoxy) is 2. The lowest BCUT2D eigenvalue weighted by atomic mass is 9.78. The third kappa shape index (κ3) is 3.95. The number of benzene rings is 1. The van der Waals surface area contributed by atoms with Crippen LogP contribution in [0.2, 0.25) is 0 Å².